The molecule has 1 N–H and O–H groups in total. The van der Waals surface area contributed by atoms with Crippen LogP contribution in [0.25, 0.3) is 21.0 Å². The van der Waals surface area contributed by atoms with Crippen LogP contribution in [0.1, 0.15) is 22.2 Å². The minimum absolute atomic E-state index is 0.101. The number of fused-ring (bicyclic) bond motifs is 2. The van der Waals surface area contributed by atoms with Gasteiger partial charge in [0, 0.05) is 17.6 Å². The summed E-state index contributed by atoms with van der Waals surface area (Å²) in [7, 11) is 0. The van der Waals surface area contributed by atoms with Crippen LogP contribution in [0.2, 0.25) is 0 Å². The van der Waals surface area contributed by atoms with Crippen molar-refractivity contribution in [1.82, 2.24) is 9.55 Å². The fraction of sp³-hybridized carbons (Fsp3) is 0.150. The summed E-state index contributed by atoms with van der Waals surface area (Å²) in [6.07, 6.45) is 1.53. The van der Waals surface area contributed by atoms with Gasteiger partial charge in [0.05, 0.1) is 16.6 Å². The molecule has 2 aromatic carbocycles. The molecule has 2 heterocycles. The Balaban J connectivity index is 1.78. The Morgan fingerprint density at radius 1 is 1.19 bits per heavy atom. The number of nitrogens with zero attached hydrogens (tertiary/aromatic N) is 2. The van der Waals surface area contributed by atoms with E-state index in [2.05, 4.69) is 10.3 Å². The summed E-state index contributed by atoms with van der Waals surface area (Å²) in [4.78, 5) is 30.9. The monoisotopic (exact) mass is 363 g/mol. The first-order chi connectivity index (χ1) is 12.6. The van der Waals surface area contributed by atoms with Crippen molar-refractivity contribution in [3.05, 3.63) is 69.6 Å². The van der Waals surface area contributed by atoms with Crippen LogP contribution < -0.4 is 10.9 Å². The van der Waals surface area contributed by atoms with Gasteiger partial charge in [0.1, 0.15) is 4.83 Å². The average molecular weight is 363 g/mol. The van der Waals surface area contributed by atoms with E-state index in [4.69, 9.17) is 0 Å². The van der Waals surface area contributed by atoms with Crippen LogP contribution >= 0.6 is 11.3 Å². The third kappa shape index (κ3) is 2.59. The van der Waals surface area contributed by atoms with Gasteiger partial charge in [-0.1, -0.05) is 36.4 Å². The highest BCUT2D eigenvalue weighted by molar-refractivity contribution is 7.20. The molecule has 2 aromatic heterocycles. The second-order valence-corrected chi connectivity index (χ2v) is 7.05. The van der Waals surface area contributed by atoms with Crippen molar-refractivity contribution in [2.45, 2.75) is 20.4 Å². The van der Waals surface area contributed by atoms with E-state index in [0.717, 1.165) is 16.5 Å². The number of hydrogen-bond acceptors (Lipinski definition) is 4. The van der Waals surface area contributed by atoms with E-state index in [9.17, 15) is 9.59 Å². The van der Waals surface area contributed by atoms with Gasteiger partial charge in [-0.15, -0.1) is 11.3 Å². The molecule has 0 unspecified atom stereocenters. The molecule has 0 aliphatic heterocycles. The third-order valence-corrected chi connectivity index (χ3v) is 5.70. The van der Waals surface area contributed by atoms with Crippen LogP contribution in [0.15, 0.2) is 53.6 Å². The zero-order valence-electron chi connectivity index (χ0n) is 14.4. The molecule has 0 radical (unpaired) electrons. The number of rotatable bonds is 3. The number of carbonyl (C=O) groups is 1. The molecule has 6 heteroatoms. The zero-order valence-corrected chi connectivity index (χ0v) is 15.3. The maximum absolute atomic E-state index is 12.9. The Labute approximate surface area is 153 Å². The molecule has 4 aromatic rings. The van der Waals surface area contributed by atoms with Crippen LogP contribution in [0, 0.1) is 6.92 Å². The number of anilines is 1. The lowest BCUT2D eigenvalue weighted by atomic mass is 10.1. The molecule has 0 bridgehead atoms. The van der Waals surface area contributed by atoms with Crippen molar-refractivity contribution < 1.29 is 4.79 Å². The molecule has 0 atom stereocenters. The molecule has 130 valence electrons. The van der Waals surface area contributed by atoms with E-state index in [1.807, 2.05) is 49.4 Å². The first-order valence-electron chi connectivity index (χ1n) is 8.37. The third-order valence-electron chi connectivity index (χ3n) is 4.50. The van der Waals surface area contributed by atoms with Gasteiger partial charge < -0.3 is 5.32 Å². The average Bonchev–Trinajstić information content (AvgIpc) is 3.00. The highest BCUT2D eigenvalue weighted by Crippen LogP contribution is 2.29. The van der Waals surface area contributed by atoms with Gasteiger partial charge in [-0.05, 0) is 30.9 Å². The van der Waals surface area contributed by atoms with Crippen molar-refractivity contribution in [1.29, 1.82) is 0 Å². The van der Waals surface area contributed by atoms with E-state index in [1.54, 1.807) is 11.5 Å². The predicted octanol–water partition coefficient (Wildman–Crippen LogP) is 4.19. The number of thiophene rings is 1. The van der Waals surface area contributed by atoms with Crippen LogP contribution in [0.5, 0.6) is 0 Å². The quantitative estimate of drug-likeness (QED) is 0.593. The maximum atomic E-state index is 12.9. The Morgan fingerprint density at radius 2 is 1.96 bits per heavy atom. The van der Waals surface area contributed by atoms with E-state index < -0.39 is 0 Å². The Kier molecular flexibility index (Phi) is 4.05. The number of aryl methyl sites for hydroxylation is 2. The number of nitrogens with one attached hydrogen (secondary N) is 1. The van der Waals surface area contributed by atoms with Crippen molar-refractivity contribution in [2.75, 3.05) is 5.32 Å². The van der Waals surface area contributed by atoms with Crippen LogP contribution in [0.4, 0.5) is 5.69 Å². The van der Waals surface area contributed by atoms with Gasteiger partial charge in [-0.3, -0.25) is 14.2 Å². The van der Waals surface area contributed by atoms with Gasteiger partial charge in [-0.2, -0.15) is 0 Å². The minimum atomic E-state index is -0.218. The molecular formula is C20H17N3O2S. The van der Waals surface area contributed by atoms with Gasteiger partial charge >= 0.3 is 0 Å². The molecule has 0 aliphatic carbocycles. The first kappa shape index (κ1) is 16.5. The number of hydrogen-bond donors (Lipinski definition) is 1. The molecular weight excluding hydrogens is 346 g/mol. The molecule has 4 rings (SSSR count). The fourth-order valence-electron chi connectivity index (χ4n) is 3.11. The summed E-state index contributed by atoms with van der Waals surface area (Å²) >= 11 is 1.25. The lowest BCUT2D eigenvalue weighted by molar-refractivity contribution is 0.103. The van der Waals surface area contributed by atoms with Crippen molar-refractivity contribution in [3.63, 3.8) is 0 Å². The number of aromatic nitrogens is 2. The fourth-order valence-corrected chi connectivity index (χ4v) is 4.15. The normalized spacial score (nSPS) is 11.2. The highest BCUT2D eigenvalue weighted by Gasteiger charge is 2.19. The number of benzene rings is 2. The van der Waals surface area contributed by atoms with Gasteiger partial charge in [0.2, 0.25) is 0 Å². The lowest BCUT2D eigenvalue weighted by Gasteiger charge is -2.08. The molecule has 0 spiro atoms. The molecule has 5 nitrogen and oxygen atoms in total. The van der Waals surface area contributed by atoms with Crippen molar-refractivity contribution in [3.8, 4) is 0 Å². The number of amides is 1. The molecule has 26 heavy (non-hydrogen) atoms. The van der Waals surface area contributed by atoms with Crippen LogP contribution in [0.3, 0.4) is 0 Å². The topological polar surface area (TPSA) is 64.0 Å². The van der Waals surface area contributed by atoms with Gasteiger partial charge in [-0.25, -0.2) is 4.98 Å². The zero-order chi connectivity index (χ0) is 18.3. The standard InChI is InChI=1S/C20H17N3O2S/c1-3-23-11-21-19-16(20(23)25)12(2)17(26-19)18(24)22-15-10-6-8-13-7-4-5-9-14(13)15/h4-11H,3H2,1-2H3,(H,22,24). The smallest absolute Gasteiger partial charge is 0.266 e. The summed E-state index contributed by atoms with van der Waals surface area (Å²) in [5.41, 5.74) is 1.34. The van der Waals surface area contributed by atoms with Gasteiger partial charge in [0.15, 0.2) is 0 Å². The van der Waals surface area contributed by atoms with Gasteiger partial charge in [0.25, 0.3) is 11.5 Å². The Bertz CT molecular complexity index is 1200. The summed E-state index contributed by atoms with van der Waals surface area (Å²) in [6.45, 7) is 4.25. The largest absolute Gasteiger partial charge is 0.321 e. The SMILES string of the molecule is CCn1cnc2sc(C(=O)Nc3cccc4ccccc34)c(C)c2c1=O. The van der Waals surface area contributed by atoms with Crippen molar-refractivity contribution >= 4 is 43.9 Å². The summed E-state index contributed by atoms with van der Waals surface area (Å²) in [5, 5.41) is 5.56. The minimum Gasteiger partial charge on any atom is -0.321 e. The second-order valence-electron chi connectivity index (χ2n) is 6.05. The summed E-state index contributed by atoms with van der Waals surface area (Å²) in [5.74, 6) is -0.218. The van der Waals surface area contributed by atoms with E-state index in [0.29, 0.717) is 27.2 Å². The summed E-state index contributed by atoms with van der Waals surface area (Å²) < 4.78 is 1.55. The molecule has 0 saturated heterocycles. The second kappa shape index (κ2) is 6.38. The number of carbonyl (C=O) groups excluding carboxylic acids is 1. The maximum Gasteiger partial charge on any atom is 0.266 e. The van der Waals surface area contributed by atoms with Crippen LogP contribution in [-0.4, -0.2) is 15.5 Å². The first-order valence-corrected chi connectivity index (χ1v) is 9.19. The molecule has 0 saturated carbocycles. The van der Waals surface area contributed by atoms with E-state index >= 15 is 0 Å². The molecule has 0 fully saturated rings. The molecule has 0 aliphatic rings. The van der Waals surface area contributed by atoms with E-state index in [-0.39, 0.29) is 11.5 Å². The van der Waals surface area contributed by atoms with E-state index in [1.165, 1.54) is 17.7 Å². The summed E-state index contributed by atoms with van der Waals surface area (Å²) in [6, 6.07) is 13.7. The lowest BCUT2D eigenvalue weighted by Crippen LogP contribution is -2.19. The Hall–Kier alpha value is -2.99. The highest BCUT2D eigenvalue weighted by atomic mass is 32.1. The van der Waals surface area contributed by atoms with Crippen LogP contribution in [-0.2, 0) is 6.54 Å². The Morgan fingerprint density at radius 3 is 2.77 bits per heavy atom. The predicted molar refractivity (Wildman–Crippen MR) is 106 cm³/mol. The van der Waals surface area contributed by atoms with Crippen molar-refractivity contribution in [2.24, 2.45) is 0 Å². The molecule has 1 amide bonds.